The lowest BCUT2D eigenvalue weighted by molar-refractivity contribution is -0.111. The summed E-state index contributed by atoms with van der Waals surface area (Å²) in [6.07, 6.45) is 3.12. The molecule has 1 amide bonds. The molecule has 0 radical (unpaired) electrons. The van der Waals surface area contributed by atoms with Crippen LogP contribution in [0.5, 0.6) is 5.75 Å². The fourth-order valence-electron chi connectivity index (χ4n) is 2.72. The van der Waals surface area contributed by atoms with Crippen LogP contribution in [0.25, 0.3) is 23.2 Å². The number of hydrogen-bond donors (Lipinski definition) is 1. The Kier molecular flexibility index (Phi) is 5.15. The number of rotatable bonds is 6. The second-order valence-electron chi connectivity index (χ2n) is 6.01. The molecule has 0 bridgehead atoms. The highest BCUT2D eigenvalue weighted by molar-refractivity contribution is 6.24. The van der Waals surface area contributed by atoms with Crippen LogP contribution in [0.3, 0.4) is 0 Å². The van der Waals surface area contributed by atoms with E-state index in [4.69, 9.17) is 9.15 Å². The molecule has 144 valence electrons. The average molecular weight is 387 g/mol. The third-order valence-electron chi connectivity index (χ3n) is 4.13. The summed E-state index contributed by atoms with van der Waals surface area (Å²) in [4.78, 5) is 13.1. The van der Waals surface area contributed by atoms with Gasteiger partial charge in [-0.3, -0.25) is 4.79 Å². The molecule has 0 atom stereocenters. The molecule has 4 aromatic rings. The summed E-state index contributed by atoms with van der Waals surface area (Å²) < 4.78 is 11.9. The molecule has 2 heterocycles. The number of tetrazole rings is 1. The van der Waals surface area contributed by atoms with Crippen molar-refractivity contribution in [2.24, 2.45) is 0 Å². The van der Waals surface area contributed by atoms with Crippen molar-refractivity contribution in [1.29, 1.82) is 0 Å². The highest BCUT2D eigenvalue weighted by Crippen LogP contribution is 2.22. The zero-order chi connectivity index (χ0) is 20.1. The molecule has 29 heavy (non-hydrogen) atoms. The minimum atomic E-state index is -0.393. The maximum atomic E-state index is 13.1. The number of ether oxygens (including phenoxy) is 1. The molecule has 0 unspecified atom stereocenters. The van der Waals surface area contributed by atoms with Gasteiger partial charge in [0, 0.05) is 17.3 Å². The number of carbonyl (C=O) groups excluding carboxylic acids is 1. The quantitative estimate of drug-likeness (QED) is 0.508. The predicted octanol–water partition coefficient (Wildman–Crippen LogP) is 3.58. The second-order valence-corrected chi connectivity index (χ2v) is 6.01. The van der Waals surface area contributed by atoms with E-state index in [-0.39, 0.29) is 5.70 Å². The molecule has 4 rings (SSSR count). The normalized spacial score (nSPS) is 11.3. The number of benzene rings is 2. The molecule has 0 fully saturated rings. The van der Waals surface area contributed by atoms with Crippen molar-refractivity contribution in [3.63, 3.8) is 0 Å². The molecule has 0 spiro atoms. The molecule has 0 aliphatic carbocycles. The molecule has 2 aromatic carbocycles. The fourth-order valence-corrected chi connectivity index (χ4v) is 2.72. The maximum Gasteiger partial charge on any atom is 0.274 e. The first-order chi connectivity index (χ1) is 14.2. The van der Waals surface area contributed by atoms with Gasteiger partial charge in [0.1, 0.15) is 17.2 Å². The van der Waals surface area contributed by atoms with E-state index in [0.29, 0.717) is 23.0 Å². The van der Waals surface area contributed by atoms with Crippen LogP contribution < -0.4 is 10.1 Å². The Morgan fingerprint density at radius 3 is 2.55 bits per heavy atom. The third kappa shape index (κ3) is 4.06. The number of furan rings is 1. The van der Waals surface area contributed by atoms with Gasteiger partial charge in [-0.15, -0.1) is 5.10 Å². The van der Waals surface area contributed by atoms with Gasteiger partial charge in [0.05, 0.1) is 13.4 Å². The Morgan fingerprint density at radius 1 is 1.07 bits per heavy atom. The number of hydrogen-bond acceptors (Lipinski definition) is 6. The van der Waals surface area contributed by atoms with E-state index < -0.39 is 5.91 Å². The van der Waals surface area contributed by atoms with Crippen LogP contribution in [-0.4, -0.2) is 33.2 Å². The summed E-state index contributed by atoms with van der Waals surface area (Å²) in [5, 5.41) is 14.7. The Balaban J connectivity index is 1.72. The van der Waals surface area contributed by atoms with Crippen LogP contribution in [0, 0.1) is 0 Å². The van der Waals surface area contributed by atoms with Gasteiger partial charge in [-0.1, -0.05) is 30.3 Å². The lowest BCUT2D eigenvalue weighted by Crippen LogP contribution is -2.19. The SMILES string of the molecule is COc1ccc(NC(=O)/C(=C\c2ccco2)n2nnnc2-c2ccccc2)cc1. The largest absolute Gasteiger partial charge is 0.497 e. The molecule has 0 saturated carbocycles. The number of nitrogens with one attached hydrogen (secondary N) is 1. The highest BCUT2D eigenvalue weighted by Gasteiger charge is 2.20. The van der Waals surface area contributed by atoms with Crippen molar-refractivity contribution in [3.8, 4) is 17.1 Å². The molecule has 0 aliphatic rings. The highest BCUT2D eigenvalue weighted by atomic mass is 16.5. The van der Waals surface area contributed by atoms with E-state index >= 15 is 0 Å². The fraction of sp³-hybridized carbons (Fsp3) is 0.0476. The van der Waals surface area contributed by atoms with Gasteiger partial charge < -0.3 is 14.5 Å². The molecule has 8 nitrogen and oxygen atoms in total. The van der Waals surface area contributed by atoms with Gasteiger partial charge in [0.25, 0.3) is 5.91 Å². The summed E-state index contributed by atoms with van der Waals surface area (Å²) in [6.45, 7) is 0. The van der Waals surface area contributed by atoms with Crippen LogP contribution in [0.15, 0.2) is 77.4 Å². The van der Waals surface area contributed by atoms with Gasteiger partial charge in [-0.25, -0.2) is 0 Å². The molecule has 0 saturated heterocycles. The van der Waals surface area contributed by atoms with E-state index in [1.165, 1.54) is 10.9 Å². The van der Waals surface area contributed by atoms with E-state index in [0.717, 1.165) is 5.56 Å². The number of nitrogens with zero attached hydrogens (tertiary/aromatic N) is 4. The second kappa shape index (κ2) is 8.22. The molecule has 8 heteroatoms. The first-order valence-corrected chi connectivity index (χ1v) is 8.79. The van der Waals surface area contributed by atoms with Gasteiger partial charge in [-0.05, 0) is 46.8 Å². The monoisotopic (exact) mass is 387 g/mol. The van der Waals surface area contributed by atoms with Crippen molar-refractivity contribution in [2.45, 2.75) is 0 Å². The van der Waals surface area contributed by atoms with E-state index in [1.54, 1.807) is 49.6 Å². The minimum absolute atomic E-state index is 0.208. The van der Waals surface area contributed by atoms with E-state index in [9.17, 15) is 4.79 Å². The molecule has 0 aliphatic heterocycles. The van der Waals surface area contributed by atoms with Crippen molar-refractivity contribution >= 4 is 23.4 Å². The lowest BCUT2D eigenvalue weighted by Gasteiger charge is -2.11. The molecular weight excluding hydrogens is 370 g/mol. The number of anilines is 1. The van der Waals surface area contributed by atoms with Crippen LogP contribution >= 0.6 is 0 Å². The summed E-state index contributed by atoms with van der Waals surface area (Å²) in [5.41, 5.74) is 1.59. The van der Waals surface area contributed by atoms with Crippen molar-refractivity contribution in [2.75, 3.05) is 12.4 Å². The van der Waals surface area contributed by atoms with Crippen LogP contribution in [0.2, 0.25) is 0 Å². The number of methoxy groups -OCH3 is 1. The summed E-state index contributed by atoms with van der Waals surface area (Å²) >= 11 is 0. The van der Waals surface area contributed by atoms with Crippen LogP contribution in [0.4, 0.5) is 5.69 Å². The number of amides is 1. The van der Waals surface area contributed by atoms with Gasteiger partial charge in [0.15, 0.2) is 5.82 Å². The number of aromatic nitrogens is 4. The first kappa shape index (κ1) is 18.2. The molecule has 2 aromatic heterocycles. The van der Waals surface area contributed by atoms with Crippen LogP contribution in [0.1, 0.15) is 5.76 Å². The maximum absolute atomic E-state index is 13.1. The van der Waals surface area contributed by atoms with Gasteiger partial charge >= 0.3 is 0 Å². The minimum Gasteiger partial charge on any atom is -0.497 e. The summed E-state index contributed by atoms with van der Waals surface area (Å²) in [5.74, 6) is 1.24. The molecule has 1 N–H and O–H groups in total. The summed E-state index contributed by atoms with van der Waals surface area (Å²) in [7, 11) is 1.58. The van der Waals surface area contributed by atoms with Gasteiger partial charge in [0.2, 0.25) is 0 Å². The Hall–Kier alpha value is -4.20. The van der Waals surface area contributed by atoms with Crippen molar-refractivity contribution in [1.82, 2.24) is 20.2 Å². The number of carbonyl (C=O) groups is 1. The van der Waals surface area contributed by atoms with Crippen LogP contribution in [-0.2, 0) is 4.79 Å². The van der Waals surface area contributed by atoms with E-state index in [2.05, 4.69) is 20.8 Å². The van der Waals surface area contributed by atoms with Crippen molar-refractivity contribution in [3.05, 3.63) is 78.8 Å². The summed E-state index contributed by atoms with van der Waals surface area (Å²) in [6, 6.07) is 19.9. The zero-order valence-corrected chi connectivity index (χ0v) is 15.5. The van der Waals surface area contributed by atoms with Gasteiger partial charge in [-0.2, -0.15) is 4.68 Å². The first-order valence-electron chi connectivity index (χ1n) is 8.79. The zero-order valence-electron chi connectivity index (χ0n) is 15.5. The predicted molar refractivity (Wildman–Crippen MR) is 108 cm³/mol. The Bertz CT molecular complexity index is 1120. The Labute approximate surface area is 166 Å². The van der Waals surface area contributed by atoms with Crippen molar-refractivity contribution < 1.29 is 13.9 Å². The lowest BCUT2D eigenvalue weighted by atomic mass is 10.2. The average Bonchev–Trinajstić information content (AvgIpc) is 3.45. The standard InChI is InChI=1S/C21H17N5O3/c1-28-17-11-9-16(10-12-17)22-21(27)19(14-18-8-5-13-29-18)26-20(23-24-25-26)15-6-3-2-4-7-15/h2-14H,1H3,(H,22,27)/b19-14+. The Morgan fingerprint density at radius 2 is 1.86 bits per heavy atom. The van der Waals surface area contributed by atoms with E-state index in [1.807, 2.05) is 30.3 Å². The smallest absolute Gasteiger partial charge is 0.274 e. The topological polar surface area (TPSA) is 95.1 Å². The third-order valence-corrected chi connectivity index (χ3v) is 4.13. The molecular formula is C21H17N5O3.